The van der Waals surface area contributed by atoms with Gasteiger partial charge in [-0.3, -0.25) is 0 Å². The van der Waals surface area contributed by atoms with Gasteiger partial charge in [-0.15, -0.1) is 0 Å². The molecule has 0 fully saturated rings. The van der Waals surface area contributed by atoms with E-state index in [2.05, 4.69) is 0 Å². The molecule has 2 nitrogen and oxygen atoms in total. The van der Waals surface area contributed by atoms with Crippen LogP contribution in [0.3, 0.4) is 0 Å². The average Bonchev–Trinajstić information content (AvgIpc) is 1.84. The van der Waals surface area contributed by atoms with Gasteiger partial charge in [0.2, 0.25) is 6.43 Å². The van der Waals surface area contributed by atoms with Crippen LogP contribution in [-0.4, -0.2) is 26.3 Å². The highest BCUT2D eigenvalue weighted by Crippen LogP contribution is 2.03. The van der Waals surface area contributed by atoms with E-state index in [4.69, 9.17) is 0 Å². The molecule has 0 saturated heterocycles. The van der Waals surface area contributed by atoms with Crippen LogP contribution in [0.2, 0.25) is 0 Å². The summed E-state index contributed by atoms with van der Waals surface area (Å²) in [6.45, 7) is 1.71. The van der Waals surface area contributed by atoms with Crippen molar-refractivity contribution in [2.24, 2.45) is 0 Å². The lowest BCUT2D eigenvalue weighted by atomic mass is 10.5. The molecule has 0 radical (unpaired) electrons. The van der Waals surface area contributed by atoms with E-state index in [9.17, 15) is 17.2 Å². The zero-order valence-corrected chi connectivity index (χ0v) is 7.20. The van der Waals surface area contributed by atoms with Crippen molar-refractivity contribution in [2.75, 3.05) is 11.5 Å². The van der Waals surface area contributed by atoms with Gasteiger partial charge >= 0.3 is 0 Å². The zero-order chi connectivity index (χ0) is 8.91. The normalized spacial score (nSPS) is 12.4. The van der Waals surface area contributed by atoms with Crippen molar-refractivity contribution in [3.8, 4) is 0 Å². The second-order valence-electron chi connectivity index (χ2n) is 2.33. The molecule has 0 aliphatic heterocycles. The Balaban J connectivity index is 3.74. The quantitative estimate of drug-likeness (QED) is 0.651. The SMILES string of the molecule is CCCS(=O)(=O)CCC(F)F. The van der Waals surface area contributed by atoms with E-state index >= 15 is 0 Å². The van der Waals surface area contributed by atoms with E-state index in [0.717, 1.165) is 0 Å². The first-order chi connectivity index (χ1) is 4.98. The number of halogens is 2. The number of hydrogen-bond donors (Lipinski definition) is 0. The summed E-state index contributed by atoms with van der Waals surface area (Å²) < 4.78 is 44.7. The molecule has 0 bridgehead atoms. The number of alkyl halides is 2. The maximum atomic E-state index is 11.5. The van der Waals surface area contributed by atoms with Crippen LogP contribution in [-0.2, 0) is 9.84 Å². The minimum Gasteiger partial charge on any atom is -0.229 e. The van der Waals surface area contributed by atoms with Gasteiger partial charge in [-0.05, 0) is 6.42 Å². The molecular weight excluding hydrogens is 174 g/mol. The summed E-state index contributed by atoms with van der Waals surface area (Å²) in [6.07, 6.45) is -2.56. The average molecular weight is 186 g/mol. The molecule has 0 unspecified atom stereocenters. The molecule has 0 saturated carbocycles. The largest absolute Gasteiger partial charge is 0.239 e. The molecule has 11 heavy (non-hydrogen) atoms. The summed E-state index contributed by atoms with van der Waals surface area (Å²) in [5.41, 5.74) is 0. The minimum absolute atomic E-state index is 0.0136. The Bertz CT molecular complexity index is 187. The predicted octanol–water partition coefficient (Wildman–Crippen LogP) is 1.47. The van der Waals surface area contributed by atoms with E-state index in [0.29, 0.717) is 6.42 Å². The first-order valence-electron chi connectivity index (χ1n) is 3.46. The molecule has 68 valence electrons. The lowest BCUT2D eigenvalue weighted by molar-refractivity contribution is 0.145. The first-order valence-corrected chi connectivity index (χ1v) is 5.28. The molecule has 0 atom stereocenters. The number of sulfone groups is 1. The van der Waals surface area contributed by atoms with Crippen LogP contribution < -0.4 is 0 Å². The second-order valence-corrected chi connectivity index (χ2v) is 4.64. The van der Waals surface area contributed by atoms with Gasteiger partial charge in [0.25, 0.3) is 0 Å². The van der Waals surface area contributed by atoms with Crippen LogP contribution in [0.1, 0.15) is 19.8 Å². The summed E-state index contributed by atoms with van der Waals surface area (Å²) in [6, 6.07) is 0. The van der Waals surface area contributed by atoms with Gasteiger partial charge < -0.3 is 0 Å². The van der Waals surface area contributed by atoms with Crippen LogP contribution in [0, 0.1) is 0 Å². The summed E-state index contributed by atoms with van der Waals surface area (Å²) >= 11 is 0. The summed E-state index contributed by atoms with van der Waals surface area (Å²) in [7, 11) is -3.21. The van der Waals surface area contributed by atoms with E-state index < -0.39 is 28.4 Å². The molecule has 5 heteroatoms. The van der Waals surface area contributed by atoms with Crippen molar-refractivity contribution in [1.29, 1.82) is 0 Å². The molecule has 0 aromatic rings. The molecule has 0 aromatic heterocycles. The van der Waals surface area contributed by atoms with Gasteiger partial charge in [-0.2, -0.15) is 0 Å². The molecule has 0 amide bonds. The molecular formula is C6H12F2O2S. The van der Waals surface area contributed by atoms with Gasteiger partial charge in [0, 0.05) is 12.2 Å². The lowest BCUT2D eigenvalue weighted by Gasteiger charge is -2.00. The fourth-order valence-electron chi connectivity index (χ4n) is 0.682. The molecule has 0 aliphatic rings. The second kappa shape index (κ2) is 4.64. The highest BCUT2D eigenvalue weighted by molar-refractivity contribution is 7.91. The van der Waals surface area contributed by atoms with Crippen molar-refractivity contribution < 1.29 is 17.2 Å². The standard InChI is InChI=1S/C6H12F2O2S/c1-2-4-11(9,10)5-3-6(7)8/h6H,2-5H2,1H3. The fraction of sp³-hybridized carbons (Fsp3) is 1.00. The maximum absolute atomic E-state index is 11.5. The van der Waals surface area contributed by atoms with E-state index in [1.807, 2.05) is 0 Å². The number of rotatable bonds is 5. The van der Waals surface area contributed by atoms with Gasteiger partial charge in [0.05, 0.1) is 5.75 Å². The molecule has 0 N–H and O–H groups in total. The summed E-state index contributed by atoms with van der Waals surface area (Å²) in [5.74, 6) is -0.377. The third-order valence-electron chi connectivity index (χ3n) is 1.16. The fourth-order valence-corrected chi connectivity index (χ4v) is 2.05. The molecule has 0 heterocycles. The number of hydrogen-bond acceptors (Lipinski definition) is 2. The van der Waals surface area contributed by atoms with Crippen molar-refractivity contribution in [2.45, 2.75) is 26.2 Å². The Labute approximate surface area is 65.5 Å². The minimum atomic E-state index is -3.21. The van der Waals surface area contributed by atoms with E-state index in [1.54, 1.807) is 6.92 Å². The monoisotopic (exact) mass is 186 g/mol. The maximum Gasteiger partial charge on any atom is 0.239 e. The van der Waals surface area contributed by atoms with Crippen molar-refractivity contribution in [1.82, 2.24) is 0 Å². The van der Waals surface area contributed by atoms with Gasteiger partial charge in [0.15, 0.2) is 9.84 Å². The van der Waals surface area contributed by atoms with Crippen molar-refractivity contribution >= 4 is 9.84 Å². The third kappa shape index (κ3) is 6.22. The van der Waals surface area contributed by atoms with Crippen LogP contribution in [0.5, 0.6) is 0 Å². The predicted molar refractivity (Wildman–Crippen MR) is 39.6 cm³/mol. The Kier molecular flexibility index (Phi) is 4.56. The van der Waals surface area contributed by atoms with Crippen LogP contribution in [0.4, 0.5) is 8.78 Å². The van der Waals surface area contributed by atoms with Crippen molar-refractivity contribution in [3.05, 3.63) is 0 Å². The first kappa shape index (κ1) is 10.8. The molecule has 0 aromatic carbocycles. The van der Waals surface area contributed by atoms with Crippen LogP contribution in [0.15, 0.2) is 0 Å². The van der Waals surface area contributed by atoms with Gasteiger partial charge in [-0.1, -0.05) is 6.92 Å². The Hall–Kier alpha value is -0.190. The van der Waals surface area contributed by atoms with Crippen LogP contribution in [0.25, 0.3) is 0 Å². The Morgan fingerprint density at radius 1 is 1.27 bits per heavy atom. The van der Waals surface area contributed by atoms with Gasteiger partial charge in [-0.25, -0.2) is 17.2 Å². The molecule has 0 spiro atoms. The van der Waals surface area contributed by atoms with Crippen LogP contribution >= 0.6 is 0 Å². The Morgan fingerprint density at radius 2 is 1.82 bits per heavy atom. The Morgan fingerprint density at radius 3 is 2.18 bits per heavy atom. The van der Waals surface area contributed by atoms with E-state index in [-0.39, 0.29) is 5.75 Å². The smallest absolute Gasteiger partial charge is 0.229 e. The molecule has 0 rings (SSSR count). The zero-order valence-electron chi connectivity index (χ0n) is 6.39. The third-order valence-corrected chi connectivity index (χ3v) is 3.05. The van der Waals surface area contributed by atoms with Crippen molar-refractivity contribution in [3.63, 3.8) is 0 Å². The summed E-state index contributed by atoms with van der Waals surface area (Å²) in [5, 5.41) is 0. The van der Waals surface area contributed by atoms with E-state index in [1.165, 1.54) is 0 Å². The van der Waals surface area contributed by atoms with Gasteiger partial charge in [0.1, 0.15) is 0 Å². The molecule has 0 aliphatic carbocycles. The highest BCUT2D eigenvalue weighted by Gasteiger charge is 2.12. The topological polar surface area (TPSA) is 34.1 Å². The lowest BCUT2D eigenvalue weighted by Crippen LogP contribution is -2.12. The highest BCUT2D eigenvalue weighted by atomic mass is 32.2. The summed E-state index contributed by atoms with van der Waals surface area (Å²) in [4.78, 5) is 0.